The average molecular weight is 190 g/mol. The zero-order chi connectivity index (χ0) is 10.6. The number of hydrogen-bond acceptors (Lipinski definition) is 3. The van der Waals surface area contributed by atoms with Crippen LogP contribution in [0.2, 0.25) is 0 Å². The molecule has 0 fully saturated rings. The van der Waals surface area contributed by atoms with Crippen LogP contribution in [-0.4, -0.2) is 15.9 Å². The lowest BCUT2D eigenvalue weighted by Gasteiger charge is -1.90. The predicted octanol–water partition coefficient (Wildman–Crippen LogP) is 1.30. The van der Waals surface area contributed by atoms with Crippen LogP contribution in [0.5, 0.6) is 0 Å². The molecule has 0 N–H and O–H groups in total. The molecule has 4 heteroatoms. The van der Waals surface area contributed by atoms with E-state index in [0.717, 1.165) is 5.52 Å². The maximum absolute atomic E-state index is 8.12. The second-order valence-corrected chi connectivity index (χ2v) is 2.90. The lowest BCUT2D eigenvalue weighted by Crippen LogP contribution is -1.85. The maximum Gasteiger partial charge on any atom is 0.373 e. The van der Waals surface area contributed by atoms with Crippen molar-refractivity contribution in [2.75, 3.05) is 0 Å². The van der Waals surface area contributed by atoms with E-state index in [2.05, 4.69) is 30.2 Å². The molecule has 0 aliphatic heterocycles. The van der Waals surface area contributed by atoms with E-state index in [1.54, 1.807) is 0 Å². The molecule has 0 amide bonds. The summed E-state index contributed by atoms with van der Waals surface area (Å²) in [6.07, 6.45) is 2.28. The van der Waals surface area contributed by atoms with Crippen molar-refractivity contribution < 1.29 is 9.59 Å². The van der Waals surface area contributed by atoms with Gasteiger partial charge in [0.2, 0.25) is 0 Å². The van der Waals surface area contributed by atoms with Crippen molar-refractivity contribution in [3.8, 4) is 0 Å². The van der Waals surface area contributed by atoms with Crippen LogP contribution in [0.25, 0.3) is 10.9 Å². The summed E-state index contributed by atoms with van der Waals surface area (Å²) in [6, 6.07) is 6.21. The third kappa shape index (κ3) is 2.06. The van der Waals surface area contributed by atoms with E-state index in [-0.39, 0.29) is 6.15 Å². The van der Waals surface area contributed by atoms with Crippen LogP contribution in [0, 0.1) is 6.92 Å². The highest BCUT2D eigenvalue weighted by atomic mass is 16.2. The Morgan fingerprint density at radius 2 is 2.00 bits per heavy atom. The molecule has 0 aliphatic carbocycles. The molecule has 0 unspecified atom stereocenters. The van der Waals surface area contributed by atoms with Gasteiger partial charge in [0, 0.05) is 18.6 Å². The van der Waals surface area contributed by atoms with E-state index in [1.165, 1.54) is 10.9 Å². The monoisotopic (exact) mass is 190 g/mol. The van der Waals surface area contributed by atoms with Gasteiger partial charge in [-0.1, -0.05) is 18.2 Å². The fourth-order valence-corrected chi connectivity index (χ4v) is 1.31. The smallest absolute Gasteiger partial charge is 0.275 e. The molecule has 0 atom stereocenters. The molecular weight excluding hydrogens is 180 g/mol. The molecule has 2 rings (SSSR count). The van der Waals surface area contributed by atoms with Crippen LogP contribution in [0.4, 0.5) is 0 Å². The number of hydrogen-bond donors (Lipinski definition) is 0. The lowest BCUT2D eigenvalue weighted by molar-refractivity contribution is -0.191. The zero-order valence-corrected chi connectivity index (χ0v) is 8.02. The van der Waals surface area contributed by atoms with Gasteiger partial charge in [-0.25, -0.2) is 0 Å². The van der Waals surface area contributed by atoms with Crippen molar-refractivity contribution in [1.29, 1.82) is 0 Å². The van der Waals surface area contributed by atoms with Crippen LogP contribution in [-0.2, 0) is 16.6 Å². The Morgan fingerprint density at radius 1 is 1.36 bits per heavy atom. The van der Waals surface area contributed by atoms with E-state index >= 15 is 0 Å². The van der Waals surface area contributed by atoms with Crippen molar-refractivity contribution in [2.45, 2.75) is 6.92 Å². The van der Waals surface area contributed by atoms with Gasteiger partial charge in [0.05, 0.1) is 5.52 Å². The lowest BCUT2D eigenvalue weighted by atomic mass is 10.2. The van der Waals surface area contributed by atoms with Crippen LogP contribution in [0.3, 0.4) is 0 Å². The molecule has 14 heavy (non-hydrogen) atoms. The van der Waals surface area contributed by atoms with Gasteiger partial charge in [-0.3, -0.25) is 4.68 Å². The maximum atomic E-state index is 8.12. The standard InChI is InChI=1S/C9H10N2.CO2/c1-7-4-3-5-8-6-11(2)10-9(7)8;2-1-3/h3-6H,1-2H3;. The molecule has 4 nitrogen and oxygen atoms in total. The Balaban J connectivity index is 0.000000293. The minimum absolute atomic E-state index is 0.250. The van der Waals surface area contributed by atoms with Crippen LogP contribution in [0.1, 0.15) is 5.56 Å². The quantitative estimate of drug-likeness (QED) is 0.629. The highest BCUT2D eigenvalue weighted by Gasteiger charge is 1.98. The molecule has 72 valence electrons. The van der Waals surface area contributed by atoms with Crippen molar-refractivity contribution in [1.82, 2.24) is 9.78 Å². The first-order valence-electron chi connectivity index (χ1n) is 4.07. The summed E-state index contributed by atoms with van der Waals surface area (Å²) in [4.78, 5) is 16.2. The van der Waals surface area contributed by atoms with Gasteiger partial charge >= 0.3 is 6.15 Å². The minimum atomic E-state index is 0.250. The van der Waals surface area contributed by atoms with E-state index in [4.69, 9.17) is 9.59 Å². The van der Waals surface area contributed by atoms with Crippen LogP contribution >= 0.6 is 0 Å². The molecule has 1 aromatic heterocycles. The second kappa shape index (κ2) is 4.35. The minimum Gasteiger partial charge on any atom is -0.275 e. The molecule has 0 radical (unpaired) electrons. The first-order chi connectivity index (χ1) is 6.69. The van der Waals surface area contributed by atoms with Crippen molar-refractivity contribution >= 4 is 17.1 Å². The fourth-order valence-electron chi connectivity index (χ4n) is 1.31. The van der Waals surface area contributed by atoms with E-state index in [0.29, 0.717) is 0 Å². The number of aryl methyl sites for hydroxylation is 2. The summed E-state index contributed by atoms with van der Waals surface area (Å²) in [6.45, 7) is 2.08. The highest BCUT2D eigenvalue weighted by Crippen LogP contribution is 2.14. The van der Waals surface area contributed by atoms with Crippen molar-refractivity contribution in [3.05, 3.63) is 30.0 Å². The van der Waals surface area contributed by atoms with E-state index < -0.39 is 0 Å². The number of carbonyl (C=O) groups excluding carboxylic acids is 2. The third-order valence-electron chi connectivity index (χ3n) is 1.85. The largest absolute Gasteiger partial charge is 0.373 e. The normalized spacial score (nSPS) is 9.00. The number of nitrogens with zero attached hydrogens (tertiary/aromatic N) is 2. The van der Waals surface area contributed by atoms with E-state index in [9.17, 15) is 0 Å². The van der Waals surface area contributed by atoms with Gasteiger partial charge in [0.1, 0.15) is 0 Å². The van der Waals surface area contributed by atoms with Crippen molar-refractivity contribution in [3.63, 3.8) is 0 Å². The number of rotatable bonds is 0. The molecule has 0 aliphatic rings. The third-order valence-corrected chi connectivity index (χ3v) is 1.85. The Hall–Kier alpha value is -1.93. The summed E-state index contributed by atoms with van der Waals surface area (Å²) >= 11 is 0. The Labute approximate surface area is 81.1 Å². The summed E-state index contributed by atoms with van der Waals surface area (Å²) < 4.78 is 1.84. The average Bonchev–Trinajstić information content (AvgIpc) is 2.48. The van der Waals surface area contributed by atoms with Gasteiger partial charge in [0.25, 0.3) is 0 Å². The first kappa shape index (κ1) is 10.2. The van der Waals surface area contributed by atoms with Gasteiger partial charge < -0.3 is 0 Å². The predicted molar refractivity (Wildman–Crippen MR) is 50.5 cm³/mol. The van der Waals surface area contributed by atoms with Gasteiger partial charge in [0.15, 0.2) is 0 Å². The summed E-state index contributed by atoms with van der Waals surface area (Å²) in [5.41, 5.74) is 2.35. The topological polar surface area (TPSA) is 52.0 Å². The molecular formula is C10H10N2O2. The SMILES string of the molecule is Cc1cccc2cn(C)nc12.O=C=O. The number of aromatic nitrogens is 2. The first-order valence-corrected chi connectivity index (χ1v) is 4.07. The molecule has 0 spiro atoms. The van der Waals surface area contributed by atoms with E-state index in [1.807, 2.05) is 17.9 Å². The molecule has 0 bridgehead atoms. The summed E-state index contributed by atoms with van der Waals surface area (Å²) in [5, 5.41) is 5.54. The van der Waals surface area contributed by atoms with Crippen LogP contribution in [0.15, 0.2) is 24.4 Å². The van der Waals surface area contributed by atoms with Crippen molar-refractivity contribution in [2.24, 2.45) is 7.05 Å². The fraction of sp³-hybridized carbons (Fsp3) is 0.200. The summed E-state index contributed by atoms with van der Waals surface area (Å²) in [7, 11) is 1.94. The van der Waals surface area contributed by atoms with Gasteiger partial charge in [-0.15, -0.1) is 0 Å². The highest BCUT2D eigenvalue weighted by molar-refractivity contribution is 5.80. The number of benzene rings is 1. The molecule has 1 aromatic carbocycles. The molecule has 1 heterocycles. The Bertz CT molecular complexity index is 468. The molecule has 2 aromatic rings. The Morgan fingerprint density at radius 3 is 2.57 bits per heavy atom. The van der Waals surface area contributed by atoms with Crippen LogP contribution < -0.4 is 0 Å². The summed E-state index contributed by atoms with van der Waals surface area (Å²) in [5.74, 6) is 0. The second-order valence-electron chi connectivity index (χ2n) is 2.90. The molecule has 0 saturated heterocycles. The Kier molecular flexibility index (Phi) is 3.15. The van der Waals surface area contributed by atoms with Gasteiger partial charge in [-0.05, 0) is 12.5 Å². The zero-order valence-electron chi connectivity index (χ0n) is 8.02. The molecule has 0 saturated carbocycles. The number of fused-ring (bicyclic) bond motifs is 1. The van der Waals surface area contributed by atoms with Gasteiger partial charge in [-0.2, -0.15) is 14.7 Å².